The molecule has 1 aromatic carbocycles. The van der Waals surface area contributed by atoms with Gasteiger partial charge in [-0.05, 0) is 6.07 Å². The number of hydrogen-bond donors (Lipinski definition) is 0. The Kier molecular flexibility index (Phi) is 3.78. The van der Waals surface area contributed by atoms with Gasteiger partial charge >= 0.3 is 0 Å². The first-order chi connectivity index (χ1) is 10.7. The fourth-order valence-corrected chi connectivity index (χ4v) is 2.33. The molecule has 0 saturated heterocycles. The van der Waals surface area contributed by atoms with E-state index in [0.717, 1.165) is 22.6 Å². The lowest BCUT2D eigenvalue weighted by Gasteiger charge is -2.08. The lowest BCUT2D eigenvalue weighted by Crippen LogP contribution is -1.97. The Hall–Kier alpha value is -2.82. The molecule has 3 aromatic rings. The van der Waals surface area contributed by atoms with E-state index in [1.165, 1.54) is 0 Å². The maximum atomic E-state index is 5.34. The van der Waals surface area contributed by atoms with Crippen LogP contribution in [0.15, 0.2) is 48.7 Å². The average molecular weight is 295 g/mol. The molecule has 0 aliphatic carbocycles. The molecule has 0 saturated carbocycles. The SMILES string of the molecule is COc1cnc(-c2cc(-c3ccccc3)nn2C)cc1OC. The molecular weight excluding hydrogens is 278 g/mol. The highest BCUT2D eigenvalue weighted by molar-refractivity contribution is 5.68. The molecule has 2 aromatic heterocycles. The minimum atomic E-state index is 0.608. The van der Waals surface area contributed by atoms with Crippen LogP contribution in [0.25, 0.3) is 22.6 Å². The molecule has 0 amide bonds. The van der Waals surface area contributed by atoms with Crippen molar-refractivity contribution in [2.75, 3.05) is 14.2 Å². The van der Waals surface area contributed by atoms with Gasteiger partial charge in [0.05, 0.1) is 37.5 Å². The first kappa shape index (κ1) is 14.1. The fourth-order valence-electron chi connectivity index (χ4n) is 2.33. The molecule has 0 unspecified atom stereocenters. The molecule has 0 atom stereocenters. The number of rotatable bonds is 4. The predicted octanol–water partition coefficient (Wildman–Crippen LogP) is 3.17. The Bertz CT molecular complexity index is 782. The molecule has 22 heavy (non-hydrogen) atoms. The number of aromatic nitrogens is 3. The molecule has 0 spiro atoms. The summed E-state index contributed by atoms with van der Waals surface area (Å²) in [4.78, 5) is 4.43. The van der Waals surface area contributed by atoms with Crippen LogP contribution in [0.4, 0.5) is 0 Å². The second-order valence-corrected chi connectivity index (χ2v) is 4.83. The second-order valence-electron chi connectivity index (χ2n) is 4.83. The van der Waals surface area contributed by atoms with Gasteiger partial charge in [-0.3, -0.25) is 9.67 Å². The molecule has 0 N–H and O–H groups in total. The van der Waals surface area contributed by atoms with Gasteiger partial charge in [-0.25, -0.2) is 0 Å². The quantitative estimate of drug-likeness (QED) is 0.742. The van der Waals surface area contributed by atoms with E-state index in [0.29, 0.717) is 11.5 Å². The lowest BCUT2D eigenvalue weighted by molar-refractivity contribution is 0.353. The van der Waals surface area contributed by atoms with E-state index in [1.54, 1.807) is 20.4 Å². The van der Waals surface area contributed by atoms with Crippen molar-refractivity contribution in [1.82, 2.24) is 14.8 Å². The zero-order valence-electron chi connectivity index (χ0n) is 12.8. The van der Waals surface area contributed by atoms with Crippen LogP contribution in [0.1, 0.15) is 0 Å². The second kappa shape index (κ2) is 5.89. The Balaban J connectivity index is 2.04. The lowest BCUT2D eigenvalue weighted by atomic mass is 10.1. The van der Waals surface area contributed by atoms with Crippen molar-refractivity contribution in [3.8, 4) is 34.1 Å². The van der Waals surface area contributed by atoms with E-state index in [4.69, 9.17) is 9.47 Å². The summed E-state index contributed by atoms with van der Waals surface area (Å²) in [5, 5.41) is 4.56. The summed E-state index contributed by atoms with van der Waals surface area (Å²) >= 11 is 0. The smallest absolute Gasteiger partial charge is 0.179 e. The summed E-state index contributed by atoms with van der Waals surface area (Å²) in [5.74, 6) is 1.26. The van der Waals surface area contributed by atoms with Crippen LogP contribution >= 0.6 is 0 Å². The minimum Gasteiger partial charge on any atom is -0.493 e. The molecule has 0 bridgehead atoms. The fraction of sp³-hybridized carbons (Fsp3) is 0.176. The molecule has 5 nitrogen and oxygen atoms in total. The standard InChI is InChI=1S/C17H17N3O2/c1-20-15(9-13(19-20)12-7-5-4-6-8-12)14-10-16(21-2)17(22-3)11-18-14/h4-11H,1-3H3. The molecular formula is C17H17N3O2. The number of nitrogens with zero attached hydrogens (tertiary/aromatic N) is 3. The van der Waals surface area contributed by atoms with Crippen molar-refractivity contribution >= 4 is 0 Å². The largest absolute Gasteiger partial charge is 0.493 e. The van der Waals surface area contributed by atoms with E-state index in [9.17, 15) is 0 Å². The number of aryl methyl sites for hydroxylation is 1. The number of benzene rings is 1. The van der Waals surface area contributed by atoms with Crippen molar-refractivity contribution in [2.45, 2.75) is 0 Å². The van der Waals surface area contributed by atoms with E-state index in [2.05, 4.69) is 10.1 Å². The summed E-state index contributed by atoms with van der Waals surface area (Å²) in [5.41, 5.74) is 3.69. The molecule has 0 fully saturated rings. The van der Waals surface area contributed by atoms with Gasteiger partial charge in [0, 0.05) is 18.7 Å². The van der Waals surface area contributed by atoms with Crippen LogP contribution in [0.5, 0.6) is 11.5 Å². The molecule has 2 heterocycles. The molecule has 0 aliphatic rings. The third kappa shape index (κ3) is 2.53. The third-order valence-electron chi connectivity index (χ3n) is 3.48. The monoisotopic (exact) mass is 295 g/mol. The third-order valence-corrected chi connectivity index (χ3v) is 3.48. The van der Waals surface area contributed by atoms with Gasteiger partial charge in [-0.1, -0.05) is 30.3 Å². The van der Waals surface area contributed by atoms with E-state index in [1.807, 2.05) is 54.2 Å². The van der Waals surface area contributed by atoms with Gasteiger partial charge in [0.1, 0.15) is 0 Å². The zero-order chi connectivity index (χ0) is 15.5. The van der Waals surface area contributed by atoms with Crippen molar-refractivity contribution in [3.63, 3.8) is 0 Å². The van der Waals surface area contributed by atoms with Crippen LogP contribution in [-0.2, 0) is 7.05 Å². The molecule has 3 rings (SSSR count). The van der Waals surface area contributed by atoms with Gasteiger partial charge in [0.15, 0.2) is 11.5 Å². The van der Waals surface area contributed by atoms with Gasteiger partial charge in [0.2, 0.25) is 0 Å². The number of methoxy groups -OCH3 is 2. The summed E-state index contributed by atoms with van der Waals surface area (Å²) in [6.45, 7) is 0. The van der Waals surface area contributed by atoms with Crippen molar-refractivity contribution in [1.29, 1.82) is 0 Å². The van der Waals surface area contributed by atoms with Crippen molar-refractivity contribution in [2.24, 2.45) is 7.05 Å². The molecule has 0 aliphatic heterocycles. The van der Waals surface area contributed by atoms with Gasteiger partial charge in [-0.15, -0.1) is 0 Å². The average Bonchev–Trinajstić information content (AvgIpc) is 2.97. The van der Waals surface area contributed by atoms with Crippen LogP contribution < -0.4 is 9.47 Å². The first-order valence-corrected chi connectivity index (χ1v) is 6.91. The molecule has 5 heteroatoms. The first-order valence-electron chi connectivity index (χ1n) is 6.91. The summed E-state index contributed by atoms with van der Waals surface area (Å²) in [6.07, 6.45) is 1.66. The Morgan fingerprint density at radius 3 is 2.32 bits per heavy atom. The highest BCUT2D eigenvalue weighted by atomic mass is 16.5. The van der Waals surface area contributed by atoms with Crippen molar-refractivity contribution < 1.29 is 9.47 Å². The summed E-state index contributed by atoms with van der Waals surface area (Å²) in [6, 6.07) is 13.9. The van der Waals surface area contributed by atoms with Gasteiger partial charge in [0.25, 0.3) is 0 Å². The van der Waals surface area contributed by atoms with Crippen LogP contribution in [-0.4, -0.2) is 29.0 Å². The van der Waals surface area contributed by atoms with Crippen molar-refractivity contribution in [3.05, 3.63) is 48.7 Å². The summed E-state index contributed by atoms with van der Waals surface area (Å²) in [7, 11) is 5.11. The Labute approximate surface area is 129 Å². The highest BCUT2D eigenvalue weighted by Crippen LogP contribution is 2.31. The van der Waals surface area contributed by atoms with Crippen LogP contribution in [0, 0.1) is 0 Å². The van der Waals surface area contributed by atoms with E-state index >= 15 is 0 Å². The topological polar surface area (TPSA) is 49.2 Å². The predicted molar refractivity (Wildman–Crippen MR) is 85.0 cm³/mol. The van der Waals surface area contributed by atoms with Gasteiger partial charge in [-0.2, -0.15) is 5.10 Å². The van der Waals surface area contributed by atoms with E-state index in [-0.39, 0.29) is 0 Å². The zero-order valence-corrected chi connectivity index (χ0v) is 12.8. The number of hydrogen-bond acceptors (Lipinski definition) is 4. The normalized spacial score (nSPS) is 10.5. The Morgan fingerprint density at radius 2 is 1.64 bits per heavy atom. The summed E-state index contributed by atoms with van der Waals surface area (Å²) < 4.78 is 12.4. The highest BCUT2D eigenvalue weighted by Gasteiger charge is 2.13. The van der Waals surface area contributed by atoms with Crippen LogP contribution in [0.2, 0.25) is 0 Å². The molecule has 112 valence electrons. The number of pyridine rings is 1. The maximum Gasteiger partial charge on any atom is 0.179 e. The molecule has 0 radical (unpaired) electrons. The van der Waals surface area contributed by atoms with Gasteiger partial charge < -0.3 is 9.47 Å². The minimum absolute atomic E-state index is 0.608. The Morgan fingerprint density at radius 1 is 0.909 bits per heavy atom. The maximum absolute atomic E-state index is 5.34. The number of ether oxygens (including phenoxy) is 2. The van der Waals surface area contributed by atoms with Crippen LogP contribution in [0.3, 0.4) is 0 Å². The van der Waals surface area contributed by atoms with E-state index < -0.39 is 0 Å².